The standard InChI is InChI=1S/C17H13BrClN3O3/c1-8-5-10(18)7-22-14(9(2)20-15(8)22)16(23)21-11-3-4-13(19)12(6-11)17(24)25/h3-7H,1-2H3,(H,21,23)(H,24,25). The highest BCUT2D eigenvalue weighted by Crippen LogP contribution is 2.23. The molecule has 2 N–H and O–H groups in total. The van der Waals surface area contributed by atoms with E-state index in [2.05, 4.69) is 26.2 Å². The zero-order chi connectivity index (χ0) is 18.3. The number of carbonyl (C=O) groups is 2. The molecule has 2 heterocycles. The van der Waals surface area contributed by atoms with Crippen molar-refractivity contribution in [3.8, 4) is 0 Å². The predicted molar refractivity (Wildman–Crippen MR) is 98.7 cm³/mol. The minimum atomic E-state index is -1.16. The molecule has 0 saturated heterocycles. The molecule has 2 aromatic heterocycles. The van der Waals surface area contributed by atoms with Crippen LogP contribution in [0.15, 0.2) is 34.9 Å². The molecule has 0 aliphatic heterocycles. The van der Waals surface area contributed by atoms with Gasteiger partial charge in [-0.25, -0.2) is 9.78 Å². The van der Waals surface area contributed by atoms with Crippen molar-refractivity contribution in [2.24, 2.45) is 0 Å². The normalized spacial score (nSPS) is 10.9. The van der Waals surface area contributed by atoms with Gasteiger partial charge in [-0.1, -0.05) is 11.6 Å². The van der Waals surface area contributed by atoms with Crippen LogP contribution in [0.2, 0.25) is 5.02 Å². The largest absolute Gasteiger partial charge is 0.478 e. The quantitative estimate of drug-likeness (QED) is 0.658. The van der Waals surface area contributed by atoms with Crippen molar-refractivity contribution >= 4 is 50.7 Å². The number of pyridine rings is 1. The summed E-state index contributed by atoms with van der Waals surface area (Å²) in [4.78, 5) is 28.3. The third-order valence-corrected chi connectivity index (χ3v) is 4.48. The van der Waals surface area contributed by atoms with Gasteiger partial charge in [0.1, 0.15) is 11.3 Å². The number of hydrogen-bond acceptors (Lipinski definition) is 3. The lowest BCUT2D eigenvalue weighted by atomic mass is 10.2. The van der Waals surface area contributed by atoms with Crippen LogP contribution in [-0.2, 0) is 0 Å². The predicted octanol–water partition coefficient (Wildman–Crippen LogP) is 4.32. The summed E-state index contributed by atoms with van der Waals surface area (Å²) in [6.45, 7) is 3.66. The molecule has 1 aromatic carbocycles. The van der Waals surface area contributed by atoms with Gasteiger partial charge in [-0.3, -0.25) is 9.20 Å². The number of rotatable bonds is 3. The number of hydrogen-bond donors (Lipinski definition) is 2. The number of anilines is 1. The van der Waals surface area contributed by atoms with Gasteiger partial charge in [-0.05, 0) is 59.6 Å². The van der Waals surface area contributed by atoms with E-state index in [9.17, 15) is 9.59 Å². The minimum absolute atomic E-state index is 0.0760. The number of aromatic carboxylic acids is 1. The summed E-state index contributed by atoms with van der Waals surface area (Å²) in [6, 6.07) is 6.22. The van der Waals surface area contributed by atoms with Crippen LogP contribution >= 0.6 is 27.5 Å². The molecule has 8 heteroatoms. The number of carboxylic acid groups (broad SMARTS) is 1. The van der Waals surface area contributed by atoms with Crippen LogP contribution in [0.3, 0.4) is 0 Å². The highest BCUT2D eigenvalue weighted by molar-refractivity contribution is 9.10. The Hall–Kier alpha value is -2.38. The number of nitrogens with one attached hydrogen (secondary N) is 1. The average molecular weight is 423 g/mol. The lowest BCUT2D eigenvalue weighted by Crippen LogP contribution is -2.16. The molecule has 0 radical (unpaired) electrons. The number of imidazole rings is 1. The first-order chi connectivity index (χ1) is 11.8. The van der Waals surface area contributed by atoms with Gasteiger partial charge in [0.15, 0.2) is 0 Å². The van der Waals surface area contributed by atoms with E-state index in [4.69, 9.17) is 16.7 Å². The molecule has 6 nitrogen and oxygen atoms in total. The number of amides is 1. The van der Waals surface area contributed by atoms with Crippen molar-refractivity contribution in [3.05, 3.63) is 62.5 Å². The summed E-state index contributed by atoms with van der Waals surface area (Å²) in [5.41, 5.74) is 2.84. The number of nitrogens with zero attached hydrogens (tertiary/aromatic N) is 2. The van der Waals surface area contributed by atoms with E-state index in [0.717, 1.165) is 10.0 Å². The Kier molecular flexibility index (Phi) is 4.53. The van der Waals surface area contributed by atoms with Crippen molar-refractivity contribution in [1.29, 1.82) is 0 Å². The van der Waals surface area contributed by atoms with Crippen molar-refractivity contribution < 1.29 is 14.7 Å². The van der Waals surface area contributed by atoms with Crippen LogP contribution in [0.1, 0.15) is 32.1 Å². The third kappa shape index (κ3) is 3.25. The second-order valence-electron chi connectivity index (χ2n) is 5.53. The van der Waals surface area contributed by atoms with E-state index in [1.807, 2.05) is 13.0 Å². The van der Waals surface area contributed by atoms with Gasteiger partial charge in [-0.15, -0.1) is 0 Å². The maximum absolute atomic E-state index is 12.7. The molecule has 128 valence electrons. The molecule has 0 unspecified atom stereocenters. The molecule has 0 aliphatic rings. The molecule has 3 aromatic rings. The molecule has 3 rings (SSSR count). The number of fused-ring (bicyclic) bond motifs is 1. The molecule has 0 aliphatic carbocycles. The second kappa shape index (κ2) is 6.50. The Balaban J connectivity index is 2.03. The number of carbonyl (C=O) groups excluding carboxylic acids is 1. The van der Waals surface area contributed by atoms with Gasteiger partial charge >= 0.3 is 5.97 Å². The molecular formula is C17H13BrClN3O3. The SMILES string of the molecule is Cc1nc2c(C)cc(Br)cn2c1C(=O)Nc1ccc(Cl)c(C(=O)O)c1. The Morgan fingerprint density at radius 3 is 2.68 bits per heavy atom. The fraction of sp³-hybridized carbons (Fsp3) is 0.118. The molecule has 0 spiro atoms. The smallest absolute Gasteiger partial charge is 0.337 e. The first-order valence-corrected chi connectivity index (χ1v) is 8.44. The minimum Gasteiger partial charge on any atom is -0.478 e. The van der Waals surface area contributed by atoms with Gasteiger partial charge in [0.25, 0.3) is 5.91 Å². The summed E-state index contributed by atoms with van der Waals surface area (Å²) < 4.78 is 2.53. The van der Waals surface area contributed by atoms with Gasteiger partial charge in [-0.2, -0.15) is 0 Å². The first kappa shape index (κ1) is 17.4. The van der Waals surface area contributed by atoms with Crippen molar-refractivity contribution in [1.82, 2.24) is 9.38 Å². The highest BCUT2D eigenvalue weighted by atomic mass is 79.9. The van der Waals surface area contributed by atoms with E-state index in [1.165, 1.54) is 12.1 Å². The summed E-state index contributed by atoms with van der Waals surface area (Å²) >= 11 is 9.27. The lowest BCUT2D eigenvalue weighted by Gasteiger charge is -2.08. The number of halogens is 2. The Morgan fingerprint density at radius 2 is 2.00 bits per heavy atom. The number of benzene rings is 1. The fourth-order valence-corrected chi connectivity index (χ4v) is 3.36. The van der Waals surface area contributed by atoms with Crippen molar-refractivity contribution in [2.75, 3.05) is 5.32 Å². The molecule has 1 amide bonds. The highest BCUT2D eigenvalue weighted by Gasteiger charge is 2.19. The van der Waals surface area contributed by atoms with Crippen molar-refractivity contribution in [2.45, 2.75) is 13.8 Å². The monoisotopic (exact) mass is 421 g/mol. The van der Waals surface area contributed by atoms with E-state index in [0.29, 0.717) is 22.7 Å². The molecule has 0 atom stereocenters. The zero-order valence-corrected chi connectivity index (χ0v) is 15.6. The van der Waals surface area contributed by atoms with E-state index >= 15 is 0 Å². The zero-order valence-electron chi connectivity index (χ0n) is 13.3. The van der Waals surface area contributed by atoms with Crippen LogP contribution < -0.4 is 5.32 Å². The van der Waals surface area contributed by atoms with Gasteiger partial charge in [0.2, 0.25) is 0 Å². The van der Waals surface area contributed by atoms with Crippen LogP contribution in [0.4, 0.5) is 5.69 Å². The summed E-state index contributed by atoms with van der Waals surface area (Å²) in [7, 11) is 0. The Bertz CT molecular complexity index is 1030. The average Bonchev–Trinajstić information content (AvgIpc) is 2.85. The summed E-state index contributed by atoms with van der Waals surface area (Å²) in [5.74, 6) is -1.55. The number of aromatic nitrogens is 2. The fourth-order valence-electron chi connectivity index (χ4n) is 2.61. The van der Waals surface area contributed by atoms with Crippen molar-refractivity contribution in [3.63, 3.8) is 0 Å². The van der Waals surface area contributed by atoms with Gasteiger partial charge < -0.3 is 10.4 Å². The Labute approximate surface area is 156 Å². The van der Waals surface area contributed by atoms with Crippen LogP contribution in [-0.4, -0.2) is 26.4 Å². The van der Waals surface area contributed by atoms with E-state index < -0.39 is 5.97 Å². The number of aryl methyl sites for hydroxylation is 2. The van der Waals surface area contributed by atoms with Crippen LogP contribution in [0, 0.1) is 13.8 Å². The first-order valence-electron chi connectivity index (χ1n) is 7.27. The van der Waals surface area contributed by atoms with Crippen LogP contribution in [0.25, 0.3) is 5.65 Å². The molecule has 25 heavy (non-hydrogen) atoms. The molecule has 0 saturated carbocycles. The maximum Gasteiger partial charge on any atom is 0.337 e. The van der Waals surface area contributed by atoms with Gasteiger partial charge in [0.05, 0.1) is 16.3 Å². The third-order valence-electron chi connectivity index (χ3n) is 3.71. The van der Waals surface area contributed by atoms with Crippen LogP contribution in [0.5, 0.6) is 0 Å². The molecular weight excluding hydrogens is 410 g/mol. The van der Waals surface area contributed by atoms with E-state index in [-0.39, 0.29) is 16.5 Å². The lowest BCUT2D eigenvalue weighted by molar-refractivity contribution is 0.0696. The number of carboxylic acids is 1. The topological polar surface area (TPSA) is 83.7 Å². The Morgan fingerprint density at radius 1 is 1.28 bits per heavy atom. The molecule has 0 bridgehead atoms. The van der Waals surface area contributed by atoms with Gasteiger partial charge in [0, 0.05) is 16.4 Å². The van der Waals surface area contributed by atoms with E-state index in [1.54, 1.807) is 23.6 Å². The second-order valence-corrected chi connectivity index (χ2v) is 6.86. The summed E-state index contributed by atoms with van der Waals surface area (Å²) in [6.07, 6.45) is 1.77. The molecule has 0 fully saturated rings. The summed E-state index contributed by atoms with van der Waals surface area (Å²) in [5, 5.41) is 11.9. The maximum atomic E-state index is 12.7.